The van der Waals surface area contributed by atoms with Gasteiger partial charge in [0.05, 0.1) is 13.2 Å². The molecule has 0 atom stereocenters. The molecule has 0 bridgehead atoms. The molecule has 0 aromatic rings. The first-order valence-electron chi connectivity index (χ1n) is 4.43. The molecule has 2 amide bonds. The van der Waals surface area contributed by atoms with Gasteiger partial charge in [-0.05, 0) is 0 Å². The standard InChI is InChI=1S/C8H17N3O3/c1-14-5-4-11-7(12)2-3-10-8(13)6-9/h2-6,9H2,1H3,(H,10,13)(H,11,12). The molecule has 0 unspecified atom stereocenters. The topological polar surface area (TPSA) is 93.5 Å². The molecule has 0 aliphatic heterocycles. The molecule has 0 aromatic carbocycles. The van der Waals surface area contributed by atoms with E-state index < -0.39 is 0 Å². The van der Waals surface area contributed by atoms with Crippen LogP contribution in [0.3, 0.4) is 0 Å². The summed E-state index contributed by atoms with van der Waals surface area (Å²) in [6.45, 7) is 1.24. The Kier molecular flexibility index (Phi) is 7.77. The van der Waals surface area contributed by atoms with Gasteiger partial charge in [0.2, 0.25) is 11.8 Å². The van der Waals surface area contributed by atoms with Gasteiger partial charge < -0.3 is 21.1 Å². The summed E-state index contributed by atoms with van der Waals surface area (Å²) in [4.78, 5) is 21.7. The van der Waals surface area contributed by atoms with Crippen LogP contribution in [-0.4, -0.2) is 45.2 Å². The number of carbonyl (C=O) groups excluding carboxylic acids is 2. The van der Waals surface area contributed by atoms with E-state index in [1.807, 2.05) is 0 Å². The number of carbonyl (C=O) groups is 2. The van der Waals surface area contributed by atoms with Gasteiger partial charge in [-0.2, -0.15) is 0 Å². The monoisotopic (exact) mass is 203 g/mol. The summed E-state index contributed by atoms with van der Waals surface area (Å²) in [5.41, 5.74) is 5.06. The van der Waals surface area contributed by atoms with Gasteiger partial charge in [-0.15, -0.1) is 0 Å². The lowest BCUT2D eigenvalue weighted by molar-refractivity contribution is -0.121. The predicted molar refractivity (Wildman–Crippen MR) is 51.6 cm³/mol. The average Bonchev–Trinajstić information content (AvgIpc) is 2.18. The molecular weight excluding hydrogens is 186 g/mol. The summed E-state index contributed by atoms with van der Waals surface area (Å²) in [6.07, 6.45) is 0.259. The molecule has 0 aliphatic rings. The Morgan fingerprint density at radius 3 is 2.43 bits per heavy atom. The first-order chi connectivity index (χ1) is 6.70. The molecule has 0 saturated carbocycles. The van der Waals surface area contributed by atoms with Gasteiger partial charge in [0.15, 0.2) is 0 Å². The van der Waals surface area contributed by atoms with Crippen molar-refractivity contribution in [2.45, 2.75) is 6.42 Å². The van der Waals surface area contributed by atoms with Gasteiger partial charge in [-0.3, -0.25) is 9.59 Å². The van der Waals surface area contributed by atoms with Crippen LogP contribution in [0, 0.1) is 0 Å². The van der Waals surface area contributed by atoms with Crippen LogP contribution in [0.25, 0.3) is 0 Å². The van der Waals surface area contributed by atoms with Crippen molar-refractivity contribution in [2.75, 3.05) is 33.4 Å². The maximum Gasteiger partial charge on any atom is 0.233 e. The molecule has 0 spiro atoms. The minimum atomic E-state index is -0.255. The van der Waals surface area contributed by atoms with Crippen LogP contribution in [0.15, 0.2) is 0 Å². The lowest BCUT2D eigenvalue weighted by atomic mass is 10.4. The molecule has 6 nitrogen and oxygen atoms in total. The first-order valence-corrected chi connectivity index (χ1v) is 4.43. The maximum absolute atomic E-state index is 11.0. The van der Waals surface area contributed by atoms with E-state index in [-0.39, 0.29) is 24.8 Å². The Morgan fingerprint density at radius 1 is 1.21 bits per heavy atom. The fraction of sp³-hybridized carbons (Fsp3) is 0.750. The third-order valence-corrected chi connectivity index (χ3v) is 1.49. The van der Waals surface area contributed by atoms with E-state index in [2.05, 4.69) is 10.6 Å². The molecule has 82 valence electrons. The molecule has 6 heteroatoms. The van der Waals surface area contributed by atoms with E-state index in [0.717, 1.165) is 0 Å². The minimum Gasteiger partial charge on any atom is -0.383 e. The molecule has 0 fully saturated rings. The van der Waals surface area contributed by atoms with Crippen molar-refractivity contribution >= 4 is 11.8 Å². The lowest BCUT2D eigenvalue weighted by Gasteiger charge is -2.05. The van der Waals surface area contributed by atoms with Crippen molar-refractivity contribution in [2.24, 2.45) is 5.73 Å². The molecule has 0 rings (SSSR count). The van der Waals surface area contributed by atoms with E-state index in [1.165, 1.54) is 0 Å². The van der Waals surface area contributed by atoms with Crippen LogP contribution < -0.4 is 16.4 Å². The largest absolute Gasteiger partial charge is 0.383 e. The summed E-state index contributed by atoms with van der Waals surface area (Å²) in [5, 5.41) is 5.13. The zero-order valence-electron chi connectivity index (χ0n) is 8.34. The fourth-order valence-corrected chi connectivity index (χ4v) is 0.769. The van der Waals surface area contributed by atoms with E-state index in [1.54, 1.807) is 7.11 Å². The Labute approximate surface area is 83.2 Å². The van der Waals surface area contributed by atoms with E-state index >= 15 is 0 Å². The van der Waals surface area contributed by atoms with Gasteiger partial charge in [0.25, 0.3) is 0 Å². The predicted octanol–water partition coefficient (Wildman–Crippen LogP) is -1.79. The van der Waals surface area contributed by atoms with Gasteiger partial charge in [-0.1, -0.05) is 0 Å². The van der Waals surface area contributed by atoms with Crippen molar-refractivity contribution in [3.05, 3.63) is 0 Å². The number of nitrogens with two attached hydrogens (primary N) is 1. The minimum absolute atomic E-state index is 0.0503. The van der Waals surface area contributed by atoms with Crippen molar-refractivity contribution in [3.63, 3.8) is 0 Å². The Hall–Kier alpha value is -1.14. The normalized spacial score (nSPS) is 9.57. The van der Waals surface area contributed by atoms with E-state index in [9.17, 15) is 9.59 Å². The van der Waals surface area contributed by atoms with E-state index in [0.29, 0.717) is 19.7 Å². The van der Waals surface area contributed by atoms with Crippen molar-refractivity contribution < 1.29 is 14.3 Å². The van der Waals surface area contributed by atoms with Crippen molar-refractivity contribution in [1.82, 2.24) is 10.6 Å². The molecule has 0 radical (unpaired) electrons. The second-order valence-electron chi connectivity index (χ2n) is 2.65. The van der Waals surface area contributed by atoms with Crippen LogP contribution in [0.1, 0.15) is 6.42 Å². The summed E-state index contributed by atoms with van der Waals surface area (Å²) < 4.78 is 4.75. The fourth-order valence-electron chi connectivity index (χ4n) is 0.769. The van der Waals surface area contributed by atoms with Gasteiger partial charge in [-0.25, -0.2) is 0 Å². The molecule has 0 aliphatic carbocycles. The van der Waals surface area contributed by atoms with Crippen LogP contribution >= 0.6 is 0 Å². The third-order valence-electron chi connectivity index (χ3n) is 1.49. The van der Waals surface area contributed by atoms with Crippen molar-refractivity contribution in [3.8, 4) is 0 Å². The molecule has 0 heterocycles. The highest BCUT2D eigenvalue weighted by atomic mass is 16.5. The number of hydrogen-bond acceptors (Lipinski definition) is 4. The summed E-state index contributed by atoms with van der Waals surface area (Å²) in [7, 11) is 1.56. The smallest absolute Gasteiger partial charge is 0.233 e. The van der Waals surface area contributed by atoms with E-state index in [4.69, 9.17) is 10.5 Å². The molecule has 0 aromatic heterocycles. The highest BCUT2D eigenvalue weighted by molar-refractivity contribution is 5.79. The zero-order valence-corrected chi connectivity index (χ0v) is 8.34. The van der Waals surface area contributed by atoms with Crippen LogP contribution in [-0.2, 0) is 14.3 Å². The lowest BCUT2D eigenvalue weighted by Crippen LogP contribution is -2.34. The van der Waals surface area contributed by atoms with Gasteiger partial charge in [0.1, 0.15) is 0 Å². The van der Waals surface area contributed by atoms with Gasteiger partial charge in [0, 0.05) is 26.6 Å². The quantitative estimate of drug-likeness (QED) is 0.426. The SMILES string of the molecule is COCCNC(=O)CCNC(=O)CN. The van der Waals surface area contributed by atoms with Gasteiger partial charge >= 0.3 is 0 Å². The molecule has 14 heavy (non-hydrogen) atoms. The Balaban J connectivity index is 3.31. The maximum atomic E-state index is 11.0. The Morgan fingerprint density at radius 2 is 1.86 bits per heavy atom. The first kappa shape index (κ1) is 12.9. The summed E-state index contributed by atoms with van der Waals surface area (Å²) >= 11 is 0. The molecule has 4 N–H and O–H groups in total. The number of hydrogen-bond donors (Lipinski definition) is 3. The van der Waals surface area contributed by atoms with Crippen molar-refractivity contribution in [1.29, 1.82) is 0 Å². The second-order valence-corrected chi connectivity index (χ2v) is 2.65. The number of ether oxygens (including phenoxy) is 1. The van der Waals surface area contributed by atoms with Crippen LogP contribution in [0.2, 0.25) is 0 Å². The van der Waals surface area contributed by atoms with Crippen LogP contribution in [0.5, 0.6) is 0 Å². The number of methoxy groups -OCH3 is 1. The molecular formula is C8H17N3O3. The summed E-state index contributed by atoms with van der Waals surface area (Å²) in [6, 6.07) is 0. The number of rotatable bonds is 7. The highest BCUT2D eigenvalue weighted by Gasteiger charge is 2.01. The number of amides is 2. The number of nitrogens with one attached hydrogen (secondary N) is 2. The Bertz CT molecular complexity index is 185. The third kappa shape index (κ3) is 7.51. The average molecular weight is 203 g/mol. The highest BCUT2D eigenvalue weighted by Crippen LogP contribution is 1.77. The summed E-state index contributed by atoms with van der Waals surface area (Å²) in [5.74, 6) is -0.367. The zero-order chi connectivity index (χ0) is 10.8. The molecule has 0 saturated heterocycles. The second kappa shape index (κ2) is 8.46. The van der Waals surface area contributed by atoms with Crippen LogP contribution in [0.4, 0.5) is 0 Å².